The summed E-state index contributed by atoms with van der Waals surface area (Å²) in [5, 5.41) is 19.2. The van der Waals surface area contributed by atoms with Crippen LogP contribution >= 0.6 is 0 Å². The van der Waals surface area contributed by atoms with E-state index in [1.165, 1.54) is 12.1 Å². The number of nitrogens with zero attached hydrogens (tertiary/aromatic N) is 2. The molecule has 0 aliphatic rings. The Bertz CT molecular complexity index is 1440. The van der Waals surface area contributed by atoms with Gasteiger partial charge in [-0.3, -0.25) is 9.89 Å². The lowest BCUT2D eigenvalue weighted by atomic mass is 9.98. The molecule has 0 fully saturated rings. The highest BCUT2D eigenvalue weighted by Crippen LogP contribution is 2.36. The minimum absolute atomic E-state index is 0.126. The number of aromatic amines is 2. The van der Waals surface area contributed by atoms with Crippen molar-refractivity contribution in [2.24, 2.45) is 0 Å². The fraction of sp³-hybridized carbons (Fsp3) is 0.0500. The Morgan fingerprint density at radius 3 is 2.70 bits per heavy atom. The van der Waals surface area contributed by atoms with E-state index in [1.54, 1.807) is 0 Å². The molecule has 5 aromatic rings. The topological polar surface area (TPSA) is 94.7 Å². The Kier molecular flexibility index (Phi) is 3.09. The summed E-state index contributed by atoms with van der Waals surface area (Å²) in [6, 6.07) is 11.2. The average Bonchev–Trinajstić information content (AvgIpc) is 3.02. The fourth-order valence-electron chi connectivity index (χ4n) is 3.58. The van der Waals surface area contributed by atoms with Crippen LogP contribution in [0, 0.1) is 12.7 Å². The number of phenolic OH excluding ortho intramolecular Hbond substituents is 1. The molecule has 0 amide bonds. The van der Waals surface area contributed by atoms with Gasteiger partial charge in [0.2, 0.25) is 0 Å². The van der Waals surface area contributed by atoms with Crippen LogP contribution in [0.3, 0.4) is 0 Å². The second-order valence-corrected chi connectivity index (χ2v) is 6.42. The van der Waals surface area contributed by atoms with Gasteiger partial charge in [0.1, 0.15) is 11.6 Å². The maximum absolute atomic E-state index is 14.6. The second-order valence-electron chi connectivity index (χ2n) is 6.42. The largest absolute Gasteiger partial charge is 0.508 e. The number of hydrogen-bond donors (Lipinski definition) is 3. The van der Waals surface area contributed by atoms with E-state index in [2.05, 4.69) is 20.2 Å². The smallest absolute Gasteiger partial charge is 0.258 e. The quantitative estimate of drug-likeness (QED) is 0.397. The first-order valence-corrected chi connectivity index (χ1v) is 8.33. The van der Waals surface area contributed by atoms with Crippen molar-refractivity contribution in [1.29, 1.82) is 0 Å². The molecule has 0 saturated carbocycles. The lowest BCUT2D eigenvalue weighted by Gasteiger charge is -2.10. The van der Waals surface area contributed by atoms with E-state index in [0.29, 0.717) is 16.6 Å². The molecule has 0 spiro atoms. The molecule has 0 unspecified atom stereocenters. The molecule has 0 bridgehead atoms. The van der Waals surface area contributed by atoms with E-state index in [-0.39, 0.29) is 28.0 Å². The van der Waals surface area contributed by atoms with Gasteiger partial charge in [-0.05, 0) is 25.1 Å². The molecule has 0 saturated heterocycles. The van der Waals surface area contributed by atoms with Crippen molar-refractivity contribution in [3.63, 3.8) is 0 Å². The van der Waals surface area contributed by atoms with Crippen LogP contribution < -0.4 is 5.56 Å². The highest BCUT2D eigenvalue weighted by atomic mass is 19.1. The molecule has 5 rings (SSSR count). The van der Waals surface area contributed by atoms with E-state index in [1.807, 2.05) is 31.2 Å². The van der Waals surface area contributed by atoms with Crippen LogP contribution in [0.4, 0.5) is 4.39 Å². The number of aromatic nitrogens is 4. The van der Waals surface area contributed by atoms with Crippen molar-refractivity contribution < 1.29 is 9.50 Å². The van der Waals surface area contributed by atoms with E-state index < -0.39 is 5.82 Å². The monoisotopic (exact) mass is 360 g/mol. The van der Waals surface area contributed by atoms with Crippen molar-refractivity contribution in [3.05, 3.63) is 64.3 Å². The highest BCUT2D eigenvalue weighted by molar-refractivity contribution is 6.21. The lowest BCUT2D eigenvalue weighted by Crippen LogP contribution is -2.09. The number of pyridine rings is 2. The molecule has 0 radical (unpaired) electrons. The number of nitrogens with one attached hydrogen (secondary N) is 2. The third-order valence-corrected chi connectivity index (χ3v) is 4.76. The van der Waals surface area contributed by atoms with Crippen LogP contribution in [-0.2, 0) is 0 Å². The maximum Gasteiger partial charge on any atom is 0.258 e. The minimum atomic E-state index is -0.664. The van der Waals surface area contributed by atoms with E-state index >= 15 is 0 Å². The zero-order chi connectivity index (χ0) is 18.7. The molecule has 3 heterocycles. The summed E-state index contributed by atoms with van der Waals surface area (Å²) in [7, 11) is 0. The number of fused-ring (bicyclic) bond motifs is 5. The van der Waals surface area contributed by atoms with Crippen LogP contribution in [0.25, 0.3) is 44.0 Å². The molecule has 3 N–H and O–H groups in total. The van der Waals surface area contributed by atoms with Gasteiger partial charge in [-0.15, -0.1) is 0 Å². The van der Waals surface area contributed by atoms with Gasteiger partial charge in [0.15, 0.2) is 5.65 Å². The van der Waals surface area contributed by atoms with Crippen LogP contribution in [0.5, 0.6) is 5.75 Å². The summed E-state index contributed by atoms with van der Waals surface area (Å²) < 4.78 is 14.6. The zero-order valence-electron chi connectivity index (χ0n) is 14.2. The van der Waals surface area contributed by atoms with Gasteiger partial charge in [-0.1, -0.05) is 18.2 Å². The van der Waals surface area contributed by atoms with E-state index in [0.717, 1.165) is 22.5 Å². The molecule has 132 valence electrons. The molecule has 6 nitrogen and oxygen atoms in total. The van der Waals surface area contributed by atoms with Crippen molar-refractivity contribution in [2.45, 2.75) is 6.92 Å². The Labute approximate surface area is 151 Å². The molecular weight excluding hydrogens is 347 g/mol. The predicted octanol–water partition coefficient (Wildman–Crippen LogP) is 3.77. The Morgan fingerprint density at radius 1 is 1.07 bits per heavy atom. The van der Waals surface area contributed by atoms with Crippen LogP contribution in [-0.4, -0.2) is 25.3 Å². The van der Waals surface area contributed by atoms with E-state index in [9.17, 15) is 14.3 Å². The first-order valence-electron chi connectivity index (χ1n) is 8.33. The minimum Gasteiger partial charge on any atom is -0.508 e. The summed E-state index contributed by atoms with van der Waals surface area (Å²) in [6.45, 7) is 1.85. The maximum atomic E-state index is 14.6. The number of halogens is 1. The molecule has 2 aromatic carbocycles. The van der Waals surface area contributed by atoms with Gasteiger partial charge in [-0.25, -0.2) is 9.37 Å². The SMILES string of the molecule is Cc1[nH]nc2nc(-c3ccc(O)cc3F)c3c(=O)[nH]c4ccccc4c3c12. The third-order valence-electron chi connectivity index (χ3n) is 4.76. The summed E-state index contributed by atoms with van der Waals surface area (Å²) in [6.07, 6.45) is 0. The van der Waals surface area contributed by atoms with Crippen molar-refractivity contribution in [2.75, 3.05) is 0 Å². The number of aryl methyl sites for hydroxylation is 1. The number of hydrogen-bond acceptors (Lipinski definition) is 4. The van der Waals surface area contributed by atoms with Gasteiger partial charge in [0, 0.05) is 33.6 Å². The number of H-pyrrole nitrogens is 2. The third kappa shape index (κ3) is 2.15. The van der Waals surface area contributed by atoms with Crippen molar-refractivity contribution in [1.82, 2.24) is 20.2 Å². The van der Waals surface area contributed by atoms with Gasteiger partial charge < -0.3 is 10.1 Å². The Balaban J connectivity index is 2.09. The van der Waals surface area contributed by atoms with Gasteiger partial charge in [0.05, 0.1) is 16.5 Å². The summed E-state index contributed by atoms with van der Waals surface area (Å²) in [5.74, 6) is -0.862. The van der Waals surface area contributed by atoms with Gasteiger partial charge >= 0.3 is 0 Å². The number of aromatic hydroxyl groups is 1. The molecule has 27 heavy (non-hydrogen) atoms. The van der Waals surface area contributed by atoms with Crippen molar-refractivity contribution in [3.8, 4) is 17.0 Å². The van der Waals surface area contributed by atoms with Crippen molar-refractivity contribution >= 4 is 32.7 Å². The molecule has 3 aromatic heterocycles. The highest BCUT2D eigenvalue weighted by Gasteiger charge is 2.21. The van der Waals surface area contributed by atoms with E-state index in [4.69, 9.17) is 0 Å². The first kappa shape index (κ1) is 15.5. The summed E-state index contributed by atoms with van der Waals surface area (Å²) in [5.41, 5.74) is 1.81. The van der Waals surface area contributed by atoms with Crippen LogP contribution in [0.2, 0.25) is 0 Å². The van der Waals surface area contributed by atoms with Gasteiger partial charge in [0.25, 0.3) is 5.56 Å². The van der Waals surface area contributed by atoms with Gasteiger partial charge in [-0.2, -0.15) is 5.10 Å². The standard InChI is InChI=1S/C20H13FN4O2/c1-9-15-16-12-4-2-3-5-14(12)22-20(27)17(16)18(23-19(15)25-24-9)11-7-6-10(26)8-13(11)21/h2-8,26H,1H3,(H,22,27)(H,23,24,25). The second kappa shape index (κ2) is 5.38. The molecule has 0 aliphatic heterocycles. The first-order chi connectivity index (χ1) is 13.0. The van der Waals surface area contributed by atoms with Crippen LogP contribution in [0.15, 0.2) is 47.3 Å². The number of rotatable bonds is 1. The fourth-order valence-corrected chi connectivity index (χ4v) is 3.58. The normalized spacial score (nSPS) is 11.6. The Morgan fingerprint density at radius 2 is 1.89 bits per heavy atom. The summed E-state index contributed by atoms with van der Waals surface area (Å²) in [4.78, 5) is 20.3. The number of para-hydroxylation sites is 1. The average molecular weight is 360 g/mol. The number of benzene rings is 2. The lowest BCUT2D eigenvalue weighted by molar-refractivity contribution is 0.469. The number of phenols is 1. The predicted molar refractivity (Wildman–Crippen MR) is 101 cm³/mol. The van der Waals surface area contributed by atoms with Crippen LogP contribution in [0.1, 0.15) is 5.69 Å². The molecule has 0 aliphatic carbocycles. The summed E-state index contributed by atoms with van der Waals surface area (Å²) >= 11 is 0. The Hall–Kier alpha value is -3.74. The zero-order valence-corrected chi connectivity index (χ0v) is 14.2. The molecule has 0 atom stereocenters. The molecule has 7 heteroatoms. The molecular formula is C20H13FN4O2.